The molecule has 0 aromatic carbocycles. The van der Waals surface area contributed by atoms with E-state index in [0.717, 1.165) is 25.7 Å². The maximum Gasteiger partial charge on any atom is 0.328 e. The standard InChI is InChI=1S/C25H37NO9/c1-14-7-8-17-15(2)22(32-23-25(17)16(14)11-12-24(3,33-23)34-35-25)31-20(28)10-9-19(27)26-13-5-6-18(26)21(29)30-4/h14-18,22-23H,5-13H2,1-4H3/t14-,15-,16+,17+,18-,22-,23-,24+,25+/m1/s1. The first-order chi connectivity index (χ1) is 16.7. The largest absolute Gasteiger partial charge is 0.467 e. The third-order valence-corrected chi connectivity index (χ3v) is 8.93. The van der Waals surface area contributed by atoms with E-state index < -0.39 is 41.9 Å². The number of carbonyl (C=O) groups is 3. The molecule has 0 N–H and O–H groups in total. The van der Waals surface area contributed by atoms with Gasteiger partial charge in [-0.15, -0.1) is 0 Å². The van der Waals surface area contributed by atoms with Crippen molar-refractivity contribution in [2.75, 3.05) is 13.7 Å². The number of nitrogens with zero attached hydrogens (tertiary/aromatic N) is 1. The Morgan fingerprint density at radius 1 is 1.03 bits per heavy atom. The van der Waals surface area contributed by atoms with Crippen LogP contribution in [0.15, 0.2) is 0 Å². The van der Waals surface area contributed by atoms with E-state index in [4.69, 9.17) is 28.7 Å². The van der Waals surface area contributed by atoms with E-state index in [9.17, 15) is 14.4 Å². The fourth-order valence-electron chi connectivity index (χ4n) is 6.99. The number of methoxy groups -OCH3 is 1. The number of esters is 2. The highest BCUT2D eigenvalue weighted by molar-refractivity contribution is 5.87. The SMILES string of the molecule is COC(=O)[C@H]1CCCN1C(=O)CCC(=O)O[C@@H]1O[C@@H]2O[C@]3(C)CC[C@H]4[C@H](C)CC[C@@H]([C@H]1C)[C@]24OO3. The second-order valence-corrected chi connectivity index (χ2v) is 11.0. The van der Waals surface area contributed by atoms with Gasteiger partial charge in [0.15, 0.2) is 11.9 Å². The Labute approximate surface area is 205 Å². The molecule has 0 aromatic rings. The van der Waals surface area contributed by atoms with Crippen molar-refractivity contribution >= 4 is 17.8 Å². The van der Waals surface area contributed by atoms with Crippen molar-refractivity contribution in [1.82, 2.24) is 4.90 Å². The van der Waals surface area contributed by atoms with E-state index in [1.54, 1.807) is 0 Å². The van der Waals surface area contributed by atoms with Crippen LogP contribution in [-0.2, 0) is 43.1 Å². The number of hydrogen-bond donors (Lipinski definition) is 0. The first-order valence-electron chi connectivity index (χ1n) is 13.0. The molecule has 5 saturated heterocycles. The molecule has 10 nitrogen and oxygen atoms in total. The lowest BCUT2D eigenvalue weighted by molar-refractivity contribution is -0.576. The van der Waals surface area contributed by atoms with Crippen LogP contribution in [0, 0.1) is 23.7 Å². The summed E-state index contributed by atoms with van der Waals surface area (Å²) in [4.78, 5) is 50.8. The van der Waals surface area contributed by atoms with Crippen molar-refractivity contribution < 1.29 is 43.1 Å². The Bertz CT molecular complexity index is 866. The highest BCUT2D eigenvalue weighted by Gasteiger charge is 2.69. The molecule has 0 radical (unpaired) electrons. The molecule has 0 unspecified atom stereocenters. The van der Waals surface area contributed by atoms with Gasteiger partial charge in [-0.3, -0.25) is 9.59 Å². The van der Waals surface area contributed by atoms with E-state index in [-0.39, 0.29) is 36.5 Å². The molecule has 2 bridgehead atoms. The molecule has 6 aliphatic rings. The summed E-state index contributed by atoms with van der Waals surface area (Å²) in [5, 5.41) is 0. The maximum absolute atomic E-state index is 12.8. The van der Waals surface area contributed by atoms with Gasteiger partial charge in [0.1, 0.15) is 6.04 Å². The molecule has 6 rings (SSSR count). The lowest BCUT2D eigenvalue weighted by Crippen LogP contribution is -2.70. The number of fused-ring (bicyclic) bond motifs is 2. The molecular formula is C25H37NO9. The van der Waals surface area contributed by atoms with Gasteiger partial charge < -0.3 is 23.8 Å². The first kappa shape index (κ1) is 24.9. The summed E-state index contributed by atoms with van der Waals surface area (Å²) in [6.45, 7) is 6.60. The summed E-state index contributed by atoms with van der Waals surface area (Å²) >= 11 is 0. The van der Waals surface area contributed by atoms with Gasteiger partial charge in [0, 0.05) is 31.2 Å². The van der Waals surface area contributed by atoms with Crippen LogP contribution in [0.5, 0.6) is 0 Å². The normalized spacial score (nSPS) is 44.3. The van der Waals surface area contributed by atoms with Crippen LogP contribution < -0.4 is 0 Å². The minimum Gasteiger partial charge on any atom is -0.467 e. The van der Waals surface area contributed by atoms with Crippen LogP contribution in [0.3, 0.4) is 0 Å². The molecule has 1 saturated carbocycles. The second kappa shape index (κ2) is 9.28. The van der Waals surface area contributed by atoms with Crippen molar-refractivity contribution in [3.05, 3.63) is 0 Å². The van der Waals surface area contributed by atoms with E-state index in [2.05, 4.69) is 6.92 Å². The monoisotopic (exact) mass is 495 g/mol. The van der Waals surface area contributed by atoms with E-state index >= 15 is 0 Å². The Balaban J connectivity index is 1.24. The summed E-state index contributed by atoms with van der Waals surface area (Å²) in [5.74, 6) is -1.48. The molecule has 1 spiro atoms. The molecular weight excluding hydrogens is 458 g/mol. The number of rotatable bonds is 5. The fraction of sp³-hybridized carbons (Fsp3) is 0.880. The lowest BCUT2D eigenvalue weighted by atomic mass is 9.58. The number of hydrogen-bond acceptors (Lipinski definition) is 9. The van der Waals surface area contributed by atoms with Gasteiger partial charge in [0.25, 0.3) is 0 Å². The van der Waals surface area contributed by atoms with Crippen molar-refractivity contribution in [1.29, 1.82) is 0 Å². The quantitative estimate of drug-likeness (QED) is 0.420. The van der Waals surface area contributed by atoms with Crippen LogP contribution >= 0.6 is 0 Å². The zero-order valence-electron chi connectivity index (χ0n) is 21.0. The average molecular weight is 496 g/mol. The third kappa shape index (κ3) is 4.16. The summed E-state index contributed by atoms with van der Waals surface area (Å²) < 4.78 is 23.1. The van der Waals surface area contributed by atoms with Gasteiger partial charge in [-0.05, 0) is 50.9 Å². The van der Waals surface area contributed by atoms with E-state index in [0.29, 0.717) is 25.3 Å². The molecule has 5 heterocycles. The number of carbonyl (C=O) groups excluding carboxylic acids is 3. The van der Waals surface area contributed by atoms with Crippen LogP contribution in [0.2, 0.25) is 0 Å². The van der Waals surface area contributed by atoms with Gasteiger partial charge >= 0.3 is 11.9 Å². The van der Waals surface area contributed by atoms with Gasteiger partial charge in [-0.2, -0.15) is 0 Å². The van der Waals surface area contributed by atoms with Gasteiger partial charge in [-0.25, -0.2) is 14.6 Å². The number of ether oxygens (including phenoxy) is 4. The van der Waals surface area contributed by atoms with Crippen LogP contribution in [-0.4, -0.2) is 66.4 Å². The van der Waals surface area contributed by atoms with Crippen LogP contribution in [0.4, 0.5) is 0 Å². The molecule has 6 fully saturated rings. The Morgan fingerprint density at radius 2 is 1.83 bits per heavy atom. The molecule has 5 aliphatic heterocycles. The fourth-order valence-corrected chi connectivity index (χ4v) is 6.99. The van der Waals surface area contributed by atoms with Crippen molar-refractivity contribution in [2.45, 2.75) is 102 Å². The Hall–Kier alpha value is -1.75. The van der Waals surface area contributed by atoms with E-state index in [1.807, 2.05) is 13.8 Å². The summed E-state index contributed by atoms with van der Waals surface area (Å²) in [7, 11) is 1.31. The molecule has 10 heteroatoms. The highest BCUT2D eigenvalue weighted by Crippen LogP contribution is 2.60. The first-order valence-corrected chi connectivity index (χ1v) is 13.0. The molecule has 0 aromatic heterocycles. The van der Waals surface area contributed by atoms with Crippen molar-refractivity contribution in [3.63, 3.8) is 0 Å². The maximum atomic E-state index is 12.8. The topological polar surface area (TPSA) is 110 Å². The average Bonchev–Trinajstić information content (AvgIpc) is 3.22. The van der Waals surface area contributed by atoms with Gasteiger partial charge in [-0.1, -0.05) is 13.8 Å². The second-order valence-electron chi connectivity index (χ2n) is 11.0. The Kier molecular flexibility index (Phi) is 6.61. The molecule has 1 amide bonds. The predicted octanol–water partition coefficient (Wildman–Crippen LogP) is 2.68. The highest BCUT2D eigenvalue weighted by atomic mass is 17.3. The summed E-state index contributed by atoms with van der Waals surface area (Å²) in [6.07, 6.45) is 3.29. The van der Waals surface area contributed by atoms with Crippen molar-refractivity contribution in [2.24, 2.45) is 23.7 Å². The predicted molar refractivity (Wildman–Crippen MR) is 119 cm³/mol. The van der Waals surface area contributed by atoms with Crippen molar-refractivity contribution in [3.8, 4) is 0 Å². The molecule has 9 atom stereocenters. The smallest absolute Gasteiger partial charge is 0.328 e. The third-order valence-electron chi connectivity index (χ3n) is 8.93. The van der Waals surface area contributed by atoms with Gasteiger partial charge in [0.2, 0.25) is 18.0 Å². The minimum absolute atomic E-state index is 0.0324. The molecule has 196 valence electrons. The number of amides is 1. The van der Waals surface area contributed by atoms with Crippen LogP contribution in [0.25, 0.3) is 0 Å². The minimum atomic E-state index is -0.898. The molecule has 1 aliphatic carbocycles. The number of likely N-dealkylation sites (tertiary alicyclic amines) is 1. The Morgan fingerprint density at radius 3 is 2.60 bits per heavy atom. The van der Waals surface area contributed by atoms with Gasteiger partial charge in [0.05, 0.1) is 13.5 Å². The summed E-state index contributed by atoms with van der Waals surface area (Å²) in [6, 6.07) is -0.575. The van der Waals surface area contributed by atoms with E-state index in [1.165, 1.54) is 12.0 Å². The molecule has 35 heavy (non-hydrogen) atoms. The zero-order chi connectivity index (χ0) is 25.0. The zero-order valence-corrected chi connectivity index (χ0v) is 21.0. The lowest BCUT2D eigenvalue weighted by Gasteiger charge is -2.59. The summed E-state index contributed by atoms with van der Waals surface area (Å²) in [5.41, 5.74) is -0.718. The van der Waals surface area contributed by atoms with Crippen LogP contribution in [0.1, 0.15) is 72.1 Å².